The Morgan fingerprint density at radius 1 is 1.20 bits per heavy atom. The van der Waals surface area contributed by atoms with Crippen molar-refractivity contribution in [3.63, 3.8) is 0 Å². The van der Waals surface area contributed by atoms with E-state index in [4.69, 9.17) is 4.74 Å². The molecule has 4 fully saturated rings. The summed E-state index contributed by atoms with van der Waals surface area (Å²) in [4.78, 5) is 25.4. The van der Waals surface area contributed by atoms with E-state index in [1.165, 1.54) is 12.8 Å². The van der Waals surface area contributed by atoms with Crippen molar-refractivity contribution in [2.45, 2.75) is 44.6 Å². The molecule has 0 aromatic carbocycles. The first-order chi connectivity index (χ1) is 9.55. The van der Waals surface area contributed by atoms with Gasteiger partial charge < -0.3 is 4.74 Å². The van der Waals surface area contributed by atoms with Gasteiger partial charge in [0.15, 0.2) is 17.2 Å². The topological polar surface area (TPSA) is 46.7 Å². The number of carbonyl (C=O) groups excluding carboxylic acids is 2. The van der Waals surface area contributed by atoms with Gasteiger partial charge in [-0.1, -0.05) is 26.3 Å². The molecule has 0 aromatic heterocycles. The minimum absolute atomic E-state index is 0.0320. The number of epoxide rings is 1. The van der Waals surface area contributed by atoms with Crippen molar-refractivity contribution in [1.82, 2.24) is 0 Å². The molecule has 0 aromatic rings. The smallest absolute Gasteiger partial charge is 0.178 e. The molecule has 0 bridgehead atoms. The molecule has 6 atom stereocenters. The maximum Gasteiger partial charge on any atom is 0.178 e. The molecule has 108 valence electrons. The standard InChI is InChI=1S/C17H22O3/c1-9-4-3-5-11-12-6-7-17(8-20-17)16(19)14(12)15(18)10(2)13(9)11/h9,11-14H,2-8H2,1H3. The van der Waals surface area contributed by atoms with Crippen LogP contribution in [-0.2, 0) is 14.3 Å². The van der Waals surface area contributed by atoms with Crippen LogP contribution in [-0.4, -0.2) is 23.8 Å². The summed E-state index contributed by atoms with van der Waals surface area (Å²) in [6.07, 6.45) is 5.37. The Kier molecular flexibility index (Phi) is 2.57. The summed E-state index contributed by atoms with van der Waals surface area (Å²) in [5, 5.41) is 0. The third-order valence-electron chi connectivity index (χ3n) is 6.36. The van der Waals surface area contributed by atoms with Crippen LogP contribution in [0.3, 0.4) is 0 Å². The quantitative estimate of drug-likeness (QED) is 0.387. The van der Waals surface area contributed by atoms with Gasteiger partial charge in [0.25, 0.3) is 0 Å². The molecule has 1 aliphatic heterocycles. The van der Waals surface area contributed by atoms with E-state index in [2.05, 4.69) is 13.5 Å². The zero-order chi connectivity index (χ0) is 14.1. The molecule has 0 amide bonds. The van der Waals surface area contributed by atoms with Crippen molar-refractivity contribution in [3.8, 4) is 0 Å². The van der Waals surface area contributed by atoms with Gasteiger partial charge in [-0.25, -0.2) is 0 Å². The van der Waals surface area contributed by atoms with E-state index in [0.717, 1.165) is 24.8 Å². The van der Waals surface area contributed by atoms with Crippen LogP contribution in [0, 0.1) is 29.6 Å². The highest BCUT2D eigenvalue weighted by Crippen LogP contribution is 2.56. The molecule has 1 saturated heterocycles. The molecule has 0 radical (unpaired) electrons. The van der Waals surface area contributed by atoms with Crippen molar-refractivity contribution in [2.24, 2.45) is 29.6 Å². The summed E-state index contributed by atoms with van der Waals surface area (Å²) in [6.45, 7) is 6.85. The van der Waals surface area contributed by atoms with Crippen molar-refractivity contribution in [2.75, 3.05) is 6.61 Å². The lowest BCUT2D eigenvalue weighted by Crippen LogP contribution is -2.54. The summed E-state index contributed by atoms with van der Waals surface area (Å²) in [7, 11) is 0. The molecule has 6 unspecified atom stereocenters. The molecule has 0 N–H and O–H groups in total. The fraction of sp³-hybridized carbons (Fsp3) is 0.765. The maximum absolute atomic E-state index is 12.7. The van der Waals surface area contributed by atoms with Crippen LogP contribution in [0.4, 0.5) is 0 Å². The number of hydrogen-bond donors (Lipinski definition) is 0. The SMILES string of the molecule is C=C1C(=O)C2C(=O)C3(CCC2C2CCCC(C)C12)CO3. The first-order valence-electron chi connectivity index (χ1n) is 7.96. The summed E-state index contributed by atoms with van der Waals surface area (Å²) in [5.41, 5.74) is 0.152. The van der Waals surface area contributed by atoms with Crippen LogP contribution >= 0.6 is 0 Å². The lowest BCUT2D eigenvalue weighted by Gasteiger charge is -2.50. The van der Waals surface area contributed by atoms with Gasteiger partial charge in [-0.15, -0.1) is 0 Å². The Bertz CT molecular complexity index is 502. The van der Waals surface area contributed by atoms with E-state index in [-0.39, 0.29) is 17.5 Å². The Balaban J connectivity index is 1.72. The highest BCUT2D eigenvalue weighted by Gasteiger charge is 2.63. The molecule has 3 saturated carbocycles. The van der Waals surface area contributed by atoms with Crippen molar-refractivity contribution in [1.29, 1.82) is 0 Å². The molecule has 3 nitrogen and oxygen atoms in total. The lowest BCUT2D eigenvalue weighted by atomic mass is 9.52. The van der Waals surface area contributed by atoms with Gasteiger partial charge in [-0.3, -0.25) is 9.59 Å². The van der Waals surface area contributed by atoms with Crippen LogP contribution in [0.15, 0.2) is 12.2 Å². The van der Waals surface area contributed by atoms with Gasteiger partial charge in [0.1, 0.15) is 0 Å². The zero-order valence-electron chi connectivity index (χ0n) is 12.1. The first-order valence-corrected chi connectivity index (χ1v) is 7.96. The predicted octanol–water partition coefficient (Wildman–Crippen LogP) is 2.54. The number of ketones is 2. The number of allylic oxidation sites excluding steroid dienone is 1. The lowest BCUT2D eigenvalue weighted by molar-refractivity contribution is -0.145. The third kappa shape index (κ3) is 1.50. The number of hydrogen-bond acceptors (Lipinski definition) is 3. The van der Waals surface area contributed by atoms with Crippen molar-refractivity contribution in [3.05, 3.63) is 12.2 Å². The van der Waals surface area contributed by atoms with Crippen LogP contribution < -0.4 is 0 Å². The van der Waals surface area contributed by atoms with E-state index in [0.29, 0.717) is 24.4 Å². The monoisotopic (exact) mass is 274 g/mol. The summed E-state index contributed by atoms with van der Waals surface area (Å²) >= 11 is 0. The Morgan fingerprint density at radius 3 is 2.65 bits per heavy atom. The second-order valence-electron chi connectivity index (χ2n) is 7.31. The molecule has 4 aliphatic rings. The number of Topliss-reactive ketones (excluding diaryl/α,β-unsaturated/α-hetero) is 2. The molecule has 1 heterocycles. The molecule has 4 rings (SSSR count). The number of ether oxygens (including phenoxy) is 1. The number of fused-ring (bicyclic) bond motifs is 3. The third-order valence-corrected chi connectivity index (χ3v) is 6.36. The predicted molar refractivity (Wildman–Crippen MR) is 74.0 cm³/mol. The minimum Gasteiger partial charge on any atom is -0.361 e. The molecule has 3 heteroatoms. The van der Waals surface area contributed by atoms with Crippen LogP contribution in [0.25, 0.3) is 0 Å². The van der Waals surface area contributed by atoms with Gasteiger partial charge in [0.05, 0.1) is 12.5 Å². The van der Waals surface area contributed by atoms with Gasteiger partial charge in [0, 0.05) is 0 Å². The second kappa shape index (κ2) is 4.03. The van der Waals surface area contributed by atoms with Crippen LogP contribution in [0.2, 0.25) is 0 Å². The molecular formula is C17H22O3. The van der Waals surface area contributed by atoms with E-state index >= 15 is 0 Å². The van der Waals surface area contributed by atoms with Crippen LogP contribution in [0.5, 0.6) is 0 Å². The normalized spacial score (nSPS) is 50.9. The largest absolute Gasteiger partial charge is 0.361 e. The Labute approximate surface area is 119 Å². The molecule has 3 aliphatic carbocycles. The van der Waals surface area contributed by atoms with Crippen molar-refractivity contribution < 1.29 is 14.3 Å². The number of rotatable bonds is 0. The first kappa shape index (κ1) is 12.8. The van der Waals surface area contributed by atoms with Gasteiger partial charge in [0.2, 0.25) is 0 Å². The maximum atomic E-state index is 12.7. The summed E-state index contributed by atoms with van der Waals surface area (Å²) in [6, 6.07) is 0. The van der Waals surface area contributed by atoms with Gasteiger partial charge >= 0.3 is 0 Å². The summed E-state index contributed by atoms with van der Waals surface area (Å²) in [5.74, 6) is 1.26. The zero-order valence-corrected chi connectivity index (χ0v) is 12.1. The molecule has 1 spiro atoms. The number of carbonyl (C=O) groups is 2. The van der Waals surface area contributed by atoms with Crippen molar-refractivity contribution >= 4 is 11.6 Å². The highest BCUT2D eigenvalue weighted by atomic mass is 16.6. The van der Waals surface area contributed by atoms with E-state index in [1.807, 2.05) is 0 Å². The second-order valence-corrected chi connectivity index (χ2v) is 7.31. The fourth-order valence-corrected chi connectivity index (χ4v) is 5.22. The van der Waals surface area contributed by atoms with E-state index in [9.17, 15) is 9.59 Å². The van der Waals surface area contributed by atoms with E-state index < -0.39 is 11.5 Å². The minimum atomic E-state index is -0.579. The van der Waals surface area contributed by atoms with Gasteiger partial charge in [-0.2, -0.15) is 0 Å². The average molecular weight is 274 g/mol. The highest BCUT2D eigenvalue weighted by molar-refractivity contribution is 6.14. The van der Waals surface area contributed by atoms with Crippen LogP contribution in [0.1, 0.15) is 39.0 Å². The summed E-state index contributed by atoms with van der Waals surface area (Å²) < 4.78 is 5.41. The fourth-order valence-electron chi connectivity index (χ4n) is 5.22. The Morgan fingerprint density at radius 2 is 1.95 bits per heavy atom. The van der Waals surface area contributed by atoms with Gasteiger partial charge in [-0.05, 0) is 48.5 Å². The molecular weight excluding hydrogens is 252 g/mol. The van der Waals surface area contributed by atoms with E-state index in [1.54, 1.807) is 0 Å². The molecule has 20 heavy (non-hydrogen) atoms. The average Bonchev–Trinajstić information content (AvgIpc) is 3.20. The Hall–Kier alpha value is -0.960.